The number of fused-ring (bicyclic) bond motifs is 1. The number of hydrogen-bond donors (Lipinski definition) is 1. The van der Waals surface area contributed by atoms with Crippen molar-refractivity contribution in [3.8, 4) is 0 Å². The molecule has 0 aliphatic carbocycles. The second-order valence-corrected chi connectivity index (χ2v) is 5.38. The number of thiophene rings is 1. The van der Waals surface area contributed by atoms with E-state index < -0.39 is 0 Å². The predicted molar refractivity (Wildman–Crippen MR) is 62.7 cm³/mol. The van der Waals surface area contributed by atoms with Crippen molar-refractivity contribution in [1.29, 1.82) is 0 Å². The Kier molecular flexibility index (Phi) is 2.00. The van der Waals surface area contributed by atoms with Crippen molar-refractivity contribution >= 4 is 27.2 Å². The Morgan fingerprint density at radius 1 is 1.36 bits per heavy atom. The Labute approximate surface area is 87.8 Å². The van der Waals surface area contributed by atoms with E-state index in [-0.39, 0.29) is 5.41 Å². The Hall–Kier alpha value is -1.09. The summed E-state index contributed by atoms with van der Waals surface area (Å²) in [6.07, 6.45) is 0. The molecule has 0 unspecified atom stereocenters. The maximum atomic E-state index is 5.96. The van der Waals surface area contributed by atoms with Gasteiger partial charge in [-0.3, -0.25) is 0 Å². The molecule has 0 amide bonds. The number of aromatic nitrogens is 1. The summed E-state index contributed by atoms with van der Waals surface area (Å²) in [5, 5.41) is 3.10. The molecule has 0 aromatic carbocycles. The first-order valence-corrected chi connectivity index (χ1v) is 5.50. The van der Waals surface area contributed by atoms with Gasteiger partial charge >= 0.3 is 0 Å². The molecule has 0 radical (unpaired) electrons. The highest BCUT2D eigenvalue weighted by Crippen LogP contribution is 2.29. The average molecular weight is 206 g/mol. The first kappa shape index (κ1) is 9.46. The monoisotopic (exact) mass is 206 g/mol. The maximum Gasteiger partial charge on any atom is 0.125 e. The van der Waals surface area contributed by atoms with E-state index >= 15 is 0 Å². The molecular formula is C11H14N2S. The van der Waals surface area contributed by atoms with Gasteiger partial charge in [-0.25, -0.2) is 4.98 Å². The van der Waals surface area contributed by atoms with E-state index in [4.69, 9.17) is 5.73 Å². The van der Waals surface area contributed by atoms with Gasteiger partial charge < -0.3 is 5.73 Å². The van der Waals surface area contributed by atoms with Gasteiger partial charge in [0.15, 0.2) is 0 Å². The Bertz CT molecular complexity index is 466. The lowest BCUT2D eigenvalue weighted by molar-refractivity contribution is 0.572. The zero-order valence-corrected chi connectivity index (χ0v) is 9.48. The number of nitrogen functional groups attached to an aromatic ring is 1. The highest BCUT2D eigenvalue weighted by atomic mass is 32.1. The third-order valence-electron chi connectivity index (χ3n) is 2.24. The van der Waals surface area contributed by atoms with Gasteiger partial charge in [0.1, 0.15) is 4.83 Å². The Morgan fingerprint density at radius 2 is 2.07 bits per heavy atom. The molecular weight excluding hydrogens is 192 g/mol. The van der Waals surface area contributed by atoms with Crippen LogP contribution in [0, 0.1) is 0 Å². The number of rotatable bonds is 0. The van der Waals surface area contributed by atoms with Crippen LogP contribution >= 0.6 is 11.3 Å². The molecule has 0 atom stereocenters. The Morgan fingerprint density at radius 3 is 2.71 bits per heavy atom. The third kappa shape index (κ3) is 1.48. The van der Waals surface area contributed by atoms with E-state index in [0.29, 0.717) is 0 Å². The van der Waals surface area contributed by atoms with Crippen LogP contribution in [-0.4, -0.2) is 4.98 Å². The van der Waals surface area contributed by atoms with E-state index in [9.17, 15) is 0 Å². The molecule has 2 aromatic heterocycles. The molecule has 2 rings (SSSR count). The van der Waals surface area contributed by atoms with Crippen molar-refractivity contribution in [2.75, 3.05) is 5.73 Å². The molecule has 0 bridgehead atoms. The third-order valence-corrected chi connectivity index (χ3v) is 3.05. The van der Waals surface area contributed by atoms with E-state index in [1.165, 1.54) is 0 Å². The lowest BCUT2D eigenvalue weighted by Gasteiger charge is -2.18. The minimum atomic E-state index is 0.0618. The van der Waals surface area contributed by atoms with Crippen molar-refractivity contribution in [3.63, 3.8) is 0 Å². The molecule has 0 aliphatic heterocycles. The molecule has 3 heteroatoms. The number of nitrogens with two attached hydrogens (primary N) is 1. The summed E-state index contributed by atoms with van der Waals surface area (Å²) in [7, 11) is 0. The smallest absolute Gasteiger partial charge is 0.125 e. The molecule has 0 aliphatic rings. The van der Waals surface area contributed by atoms with Crippen LogP contribution in [0.5, 0.6) is 0 Å². The summed E-state index contributed by atoms with van der Waals surface area (Å²) in [6, 6.07) is 4.00. The van der Waals surface area contributed by atoms with E-state index in [2.05, 4.69) is 25.8 Å². The van der Waals surface area contributed by atoms with E-state index in [1.54, 1.807) is 11.3 Å². The normalized spacial score (nSPS) is 12.2. The molecule has 14 heavy (non-hydrogen) atoms. The summed E-state index contributed by atoms with van der Waals surface area (Å²) in [4.78, 5) is 5.64. The van der Waals surface area contributed by atoms with Gasteiger partial charge in [0.2, 0.25) is 0 Å². The molecule has 2 heterocycles. The summed E-state index contributed by atoms with van der Waals surface area (Å²) in [5.41, 5.74) is 7.92. The number of anilines is 1. The van der Waals surface area contributed by atoms with Crippen LogP contribution < -0.4 is 5.73 Å². The molecule has 2 N–H and O–H groups in total. The van der Waals surface area contributed by atoms with E-state index in [0.717, 1.165) is 21.6 Å². The summed E-state index contributed by atoms with van der Waals surface area (Å²) in [5.74, 6) is 0. The van der Waals surface area contributed by atoms with Crippen LogP contribution in [-0.2, 0) is 5.41 Å². The average Bonchev–Trinajstić information content (AvgIpc) is 2.50. The van der Waals surface area contributed by atoms with Crippen LogP contribution in [0.1, 0.15) is 26.5 Å². The fraction of sp³-hybridized carbons (Fsp3) is 0.364. The van der Waals surface area contributed by atoms with Gasteiger partial charge in [-0.1, -0.05) is 20.8 Å². The highest BCUT2D eigenvalue weighted by molar-refractivity contribution is 7.16. The van der Waals surface area contributed by atoms with Crippen LogP contribution in [0.4, 0.5) is 5.69 Å². The number of pyridine rings is 1. The largest absolute Gasteiger partial charge is 0.398 e. The van der Waals surface area contributed by atoms with Crippen LogP contribution in [0.15, 0.2) is 17.5 Å². The molecule has 0 fully saturated rings. The molecule has 0 saturated heterocycles. The zero-order chi connectivity index (χ0) is 10.3. The van der Waals surface area contributed by atoms with Crippen molar-refractivity contribution in [2.45, 2.75) is 26.2 Å². The van der Waals surface area contributed by atoms with Gasteiger partial charge in [0, 0.05) is 22.2 Å². The summed E-state index contributed by atoms with van der Waals surface area (Å²) in [6.45, 7) is 6.44. The van der Waals surface area contributed by atoms with Gasteiger partial charge in [-0.15, -0.1) is 11.3 Å². The fourth-order valence-corrected chi connectivity index (χ4v) is 2.16. The zero-order valence-electron chi connectivity index (χ0n) is 8.66. The Balaban J connectivity index is 2.70. The molecule has 2 nitrogen and oxygen atoms in total. The molecule has 0 spiro atoms. The second kappa shape index (κ2) is 2.95. The molecule has 74 valence electrons. The summed E-state index contributed by atoms with van der Waals surface area (Å²) < 4.78 is 0. The van der Waals surface area contributed by atoms with E-state index in [1.807, 2.05) is 17.5 Å². The standard InChI is InChI=1S/C11H14N2S/c1-11(2,3)9-6-8(12)7-4-5-14-10(7)13-9/h4-6H,1-3H3,(H2,12,13). The van der Waals surface area contributed by atoms with Gasteiger partial charge in [0.05, 0.1) is 0 Å². The topological polar surface area (TPSA) is 38.9 Å². The van der Waals surface area contributed by atoms with Crippen LogP contribution in [0.2, 0.25) is 0 Å². The van der Waals surface area contributed by atoms with Gasteiger partial charge in [-0.2, -0.15) is 0 Å². The summed E-state index contributed by atoms with van der Waals surface area (Å²) >= 11 is 1.64. The lowest BCUT2D eigenvalue weighted by atomic mass is 9.91. The highest BCUT2D eigenvalue weighted by Gasteiger charge is 2.17. The predicted octanol–water partition coefficient (Wildman–Crippen LogP) is 3.18. The fourth-order valence-electron chi connectivity index (χ4n) is 1.36. The van der Waals surface area contributed by atoms with Crippen molar-refractivity contribution < 1.29 is 0 Å². The first-order chi connectivity index (χ1) is 6.48. The molecule has 0 saturated carbocycles. The SMILES string of the molecule is CC(C)(C)c1cc(N)c2ccsc2n1. The number of nitrogens with zero attached hydrogens (tertiary/aromatic N) is 1. The minimum Gasteiger partial charge on any atom is -0.398 e. The first-order valence-electron chi connectivity index (χ1n) is 4.63. The molecule has 2 aromatic rings. The maximum absolute atomic E-state index is 5.96. The van der Waals surface area contributed by atoms with Crippen LogP contribution in [0.25, 0.3) is 10.2 Å². The lowest BCUT2D eigenvalue weighted by Crippen LogP contribution is -2.13. The van der Waals surface area contributed by atoms with Crippen molar-refractivity contribution in [2.24, 2.45) is 0 Å². The quantitative estimate of drug-likeness (QED) is 0.719. The van der Waals surface area contributed by atoms with Crippen molar-refractivity contribution in [1.82, 2.24) is 4.98 Å². The van der Waals surface area contributed by atoms with Gasteiger partial charge in [-0.05, 0) is 17.5 Å². The number of hydrogen-bond acceptors (Lipinski definition) is 3. The van der Waals surface area contributed by atoms with Gasteiger partial charge in [0.25, 0.3) is 0 Å². The minimum absolute atomic E-state index is 0.0618. The van der Waals surface area contributed by atoms with Crippen molar-refractivity contribution in [3.05, 3.63) is 23.2 Å². The van der Waals surface area contributed by atoms with Crippen LogP contribution in [0.3, 0.4) is 0 Å². The second-order valence-electron chi connectivity index (χ2n) is 4.49.